The maximum Gasteiger partial charge on any atom is 0.261 e. The summed E-state index contributed by atoms with van der Waals surface area (Å²) in [5.74, 6) is -0.383. The van der Waals surface area contributed by atoms with Gasteiger partial charge in [-0.1, -0.05) is 6.07 Å². The van der Waals surface area contributed by atoms with Gasteiger partial charge in [-0.05, 0) is 37.8 Å². The van der Waals surface area contributed by atoms with Crippen LogP contribution in [0.1, 0.15) is 29.4 Å². The quantitative estimate of drug-likeness (QED) is 0.661. The van der Waals surface area contributed by atoms with E-state index in [4.69, 9.17) is 5.73 Å². The molecule has 0 radical (unpaired) electrons. The highest BCUT2D eigenvalue weighted by Gasteiger charge is 2.16. The maximum atomic E-state index is 11.7. The fourth-order valence-electron chi connectivity index (χ4n) is 1.38. The Kier molecular flexibility index (Phi) is 9.20. The molecule has 0 aliphatic rings. The van der Waals surface area contributed by atoms with E-state index in [-0.39, 0.29) is 24.2 Å². The highest BCUT2D eigenvalue weighted by atomic mass is 35.5. The monoisotopic (exact) mass is 305 g/mol. The summed E-state index contributed by atoms with van der Waals surface area (Å²) in [6.45, 7) is 2.89. The molecule has 0 aromatic carbocycles. The number of rotatable bonds is 7. The van der Waals surface area contributed by atoms with Crippen LogP contribution in [0.5, 0.6) is 0 Å². The first kappa shape index (κ1) is 17.9. The Labute approximate surface area is 123 Å². The molecule has 0 bridgehead atoms. The van der Waals surface area contributed by atoms with Crippen LogP contribution in [-0.2, 0) is 4.79 Å². The van der Waals surface area contributed by atoms with E-state index in [0.29, 0.717) is 18.0 Å². The van der Waals surface area contributed by atoms with Gasteiger partial charge in [-0.25, -0.2) is 0 Å². The molecule has 0 aliphatic heterocycles. The van der Waals surface area contributed by atoms with Gasteiger partial charge in [-0.3, -0.25) is 9.59 Å². The summed E-state index contributed by atoms with van der Waals surface area (Å²) in [6.07, 6.45) is 1.74. The summed E-state index contributed by atoms with van der Waals surface area (Å²) in [5.41, 5.74) is 5.36. The predicted molar refractivity (Wildman–Crippen MR) is 79.8 cm³/mol. The van der Waals surface area contributed by atoms with Gasteiger partial charge in [-0.15, -0.1) is 23.7 Å². The molecule has 1 heterocycles. The lowest BCUT2D eigenvalue weighted by Crippen LogP contribution is -2.44. The lowest BCUT2D eigenvalue weighted by molar-refractivity contribution is -0.122. The molecule has 5 nitrogen and oxygen atoms in total. The number of nitrogens with one attached hydrogen (secondary N) is 2. The number of hydrogen-bond acceptors (Lipinski definition) is 4. The van der Waals surface area contributed by atoms with Gasteiger partial charge in [0.05, 0.1) is 4.88 Å². The van der Waals surface area contributed by atoms with Crippen LogP contribution in [0.4, 0.5) is 0 Å². The third kappa shape index (κ3) is 6.56. The minimum atomic E-state index is -0.530. The molecule has 1 unspecified atom stereocenters. The first-order valence-electron chi connectivity index (χ1n) is 5.97. The number of halogens is 1. The number of nitrogens with two attached hydrogens (primary N) is 1. The van der Waals surface area contributed by atoms with Crippen molar-refractivity contribution < 1.29 is 9.59 Å². The zero-order valence-electron chi connectivity index (χ0n) is 10.8. The molecule has 1 aromatic rings. The highest BCUT2D eigenvalue weighted by molar-refractivity contribution is 7.12. The van der Waals surface area contributed by atoms with E-state index in [1.54, 1.807) is 19.1 Å². The molecule has 108 valence electrons. The van der Waals surface area contributed by atoms with Crippen LogP contribution in [0.25, 0.3) is 0 Å². The normalized spacial score (nSPS) is 11.3. The molecule has 4 N–H and O–H groups in total. The van der Waals surface area contributed by atoms with E-state index in [1.165, 1.54) is 11.3 Å². The Morgan fingerprint density at radius 3 is 2.74 bits per heavy atom. The zero-order chi connectivity index (χ0) is 13.4. The zero-order valence-corrected chi connectivity index (χ0v) is 12.5. The van der Waals surface area contributed by atoms with Crippen molar-refractivity contribution in [1.29, 1.82) is 0 Å². The molecule has 0 saturated carbocycles. The van der Waals surface area contributed by atoms with Gasteiger partial charge < -0.3 is 16.4 Å². The fourth-order valence-corrected chi connectivity index (χ4v) is 2.00. The van der Waals surface area contributed by atoms with Gasteiger partial charge in [0.2, 0.25) is 5.91 Å². The van der Waals surface area contributed by atoms with Crippen LogP contribution in [0.3, 0.4) is 0 Å². The van der Waals surface area contributed by atoms with Crippen molar-refractivity contribution in [2.75, 3.05) is 13.1 Å². The van der Waals surface area contributed by atoms with Crippen LogP contribution in [-0.4, -0.2) is 30.9 Å². The van der Waals surface area contributed by atoms with E-state index in [9.17, 15) is 9.59 Å². The molecule has 19 heavy (non-hydrogen) atoms. The van der Waals surface area contributed by atoms with E-state index in [1.807, 2.05) is 5.38 Å². The molecule has 1 atom stereocenters. The van der Waals surface area contributed by atoms with Gasteiger partial charge in [0.1, 0.15) is 6.04 Å². The Hall–Kier alpha value is -1.11. The summed E-state index contributed by atoms with van der Waals surface area (Å²) in [7, 11) is 0. The van der Waals surface area contributed by atoms with E-state index in [0.717, 1.165) is 12.8 Å². The molecule has 0 aliphatic carbocycles. The van der Waals surface area contributed by atoms with Crippen LogP contribution in [0, 0.1) is 0 Å². The Balaban J connectivity index is 0.00000324. The second-order valence-corrected chi connectivity index (χ2v) is 4.91. The topological polar surface area (TPSA) is 84.2 Å². The third-order valence-corrected chi connectivity index (χ3v) is 3.28. The van der Waals surface area contributed by atoms with Crippen LogP contribution >= 0.6 is 23.7 Å². The first-order chi connectivity index (χ1) is 8.65. The lowest BCUT2D eigenvalue weighted by atomic mass is 10.2. The minimum absolute atomic E-state index is 0. The Morgan fingerprint density at radius 1 is 1.42 bits per heavy atom. The van der Waals surface area contributed by atoms with E-state index in [2.05, 4.69) is 10.6 Å². The van der Waals surface area contributed by atoms with Crippen LogP contribution < -0.4 is 16.4 Å². The van der Waals surface area contributed by atoms with Crippen molar-refractivity contribution in [3.05, 3.63) is 22.4 Å². The molecule has 1 rings (SSSR count). The third-order valence-electron chi connectivity index (χ3n) is 2.42. The number of thiophene rings is 1. The molecular formula is C12H20ClN3O2S. The summed E-state index contributed by atoms with van der Waals surface area (Å²) in [6, 6.07) is 3.00. The number of carbonyl (C=O) groups is 2. The Bertz CT molecular complexity index is 384. The molecule has 0 spiro atoms. The number of amides is 2. The van der Waals surface area contributed by atoms with E-state index >= 15 is 0 Å². The molecule has 7 heteroatoms. The second kappa shape index (κ2) is 9.77. The van der Waals surface area contributed by atoms with Gasteiger partial charge in [0.15, 0.2) is 0 Å². The summed E-state index contributed by atoms with van der Waals surface area (Å²) in [5, 5.41) is 7.25. The minimum Gasteiger partial charge on any atom is -0.354 e. The molecule has 2 amide bonds. The predicted octanol–water partition coefficient (Wildman–Crippen LogP) is 1.14. The Morgan fingerprint density at radius 2 is 2.16 bits per heavy atom. The molecular weight excluding hydrogens is 286 g/mol. The second-order valence-electron chi connectivity index (χ2n) is 3.96. The van der Waals surface area contributed by atoms with Gasteiger partial charge in [0, 0.05) is 6.54 Å². The SMILES string of the molecule is CC(NC(=O)c1cccs1)C(=O)NCCCCN.Cl. The summed E-state index contributed by atoms with van der Waals surface area (Å²) in [4.78, 5) is 24.0. The van der Waals surface area contributed by atoms with Crippen molar-refractivity contribution in [1.82, 2.24) is 10.6 Å². The van der Waals surface area contributed by atoms with Crippen molar-refractivity contribution >= 4 is 35.6 Å². The van der Waals surface area contributed by atoms with Crippen molar-refractivity contribution in [3.63, 3.8) is 0 Å². The summed E-state index contributed by atoms with van der Waals surface area (Å²) < 4.78 is 0. The highest BCUT2D eigenvalue weighted by Crippen LogP contribution is 2.07. The smallest absolute Gasteiger partial charge is 0.261 e. The molecule has 0 saturated heterocycles. The van der Waals surface area contributed by atoms with E-state index < -0.39 is 6.04 Å². The number of unbranched alkanes of at least 4 members (excludes halogenated alkanes) is 1. The standard InChI is InChI=1S/C12H19N3O2S.ClH/c1-9(11(16)14-7-3-2-6-13)15-12(17)10-5-4-8-18-10;/h4-5,8-9H,2-3,6-7,13H2,1H3,(H,14,16)(H,15,17);1H. The van der Waals surface area contributed by atoms with Crippen molar-refractivity contribution in [2.24, 2.45) is 5.73 Å². The lowest BCUT2D eigenvalue weighted by Gasteiger charge is -2.13. The van der Waals surface area contributed by atoms with Crippen molar-refractivity contribution in [2.45, 2.75) is 25.8 Å². The number of carbonyl (C=O) groups excluding carboxylic acids is 2. The van der Waals surface area contributed by atoms with Crippen LogP contribution in [0.15, 0.2) is 17.5 Å². The van der Waals surface area contributed by atoms with Gasteiger partial charge in [0.25, 0.3) is 5.91 Å². The average molecular weight is 306 g/mol. The average Bonchev–Trinajstić information content (AvgIpc) is 2.88. The fraction of sp³-hybridized carbons (Fsp3) is 0.500. The van der Waals surface area contributed by atoms with Gasteiger partial charge >= 0.3 is 0 Å². The summed E-state index contributed by atoms with van der Waals surface area (Å²) >= 11 is 1.35. The molecule has 0 fully saturated rings. The largest absolute Gasteiger partial charge is 0.354 e. The molecule has 1 aromatic heterocycles. The number of hydrogen-bond donors (Lipinski definition) is 3. The van der Waals surface area contributed by atoms with Crippen LogP contribution in [0.2, 0.25) is 0 Å². The maximum absolute atomic E-state index is 11.7. The van der Waals surface area contributed by atoms with Crippen molar-refractivity contribution in [3.8, 4) is 0 Å². The van der Waals surface area contributed by atoms with Gasteiger partial charge in [-0.2, -0.15) is 0 Å². The first-order valence-corrected chi connectivity index (χ1v) is 6.85.